The molecule has 8 amide bonds. The number of amides is 8. The molecule has 320 valence electrons. The molecule has 59 heavy (non-hydrogen) atoms. The predicted octanol–water partition coefficient (Wildman–Crippen LogP) is -0.735. The molecule has 2 aromatic rings. The highest BCUT2D eigenvalue weighted by atomic mass is 16.2. The van der Waals surface area contributed by atoms with Crippen LogP contribution < -0.4 is 38.1 Å². The van der Waals surface area contributed by atoms with Crippen LogP contribution in [0.3, 0.4) is 0 Å². The van der Waals surface area contributed by atoms with Gasteiger partial charge in [0.05, 0.1) is 19.1 Å². The number of nitrogens with one attached hydrogen (secondary N) is 5. The lowest BCUT2D eigenvalue weighted by molar-refractivity contribution is -0.142. The number of benzene rings is 2. The lowest BCUT2D eigenvalue weighted by Crippen LogP contribution is -2.59. The topological polar surface area (TPSA) is 255 Å². The van der Waals surface area contributed by atoms with Crippen molar-refractivity contribution in [1.29, 1.82) is 0 Å². The van der Waals surface area contributed by atoms with Gasteiger partial charge in [-0.3, -0.25) is 38.4 Å². The molecule has 0 aliphatic carbocycles. The summed E-state index contributed by atoms with van der Waals surface area (Å²) in [5.41, 5.74) is 13.3. The third-order valence-electron chi connectivity index (χ3n) is 10.6. The largest absolute Gasteiger partial charge is 0.368 e. The summed E-state index contributed by atoms with van der Waals surface area (Å²) < 4.78 is 0. The normalized spacial score (nSPS) is 18.4. The smallest absolute Gasteiger partial charge is 0.246 e. The van der Waals surface area contributed by atoms with E-state index >= 15 is 0 Å². The van der Waals surface area contributed by atoms with E-state index in [0.717, 1.165) is 11.1 Å². The number of likely N-dealkylation sites (tertiary alicyclic amines) is 2. The van der Waals surface area contributed by atoms with Crippen molar-refractivity contribution >= 4 is 47.3 Å². The standard InChI is InChI=1S/C42H59N9O8/c1-25(2)35(37(44)54)48-33(52)23-45-39(56)32-18-12-20-51(32)42(59)30(22-28-15-9-6-10-16-28)47-40(57)36(26(3)4)49-34(53)24-46-38(55)31-17-11-19-50(31)41(58)29(43)21-27-13-7-5-8-14-27/h5-10,13-16,25-26,29-32,35-36H,11-12,17-24,43H2,1-4H3,(H2,44,54)(H,45,56)(H,46,55)(H,47,57)(H,48,52)(H,49,53)/t29-,30-,31-,32-,35-,36-/m0/s1. The third-order valence-corrected chi connectivity index (χ3v) is 10.6. The van der Waals surface area contributed by atoms with Gasteiger partial charge in [-0.2, -0.15) is 0 Å². The van der Waals surface area contributed by atoms with Crippen LogP contribution in [0.4, 0.5) is 0 Å². The zero-order valence-corrected chi connectivity index (χ0v) is 34.3. The maximum absolute atomic E-state index is 14.2. The summed E-state index contributed by atoms with van der Waals surface area (Å²) in [6.07, 6.45) is 2.24. The Labute approximate surface area is 345 Å². The number of primary amides is 1. The third kappa shape index (κ3) is 13.1. The van der Waals surface area contributed by atoms with Crippen LogP contribution >= 0.6 is 0 Å². The lowest BCUT2D eigenvalue weighted by Gasteiger charge is -2.30. The van der Waals surface area contributed by atoms with Crippen molar-refractivity contribution in [2.75, 3.05) is 26.2 Å². The highest BCUT2D eigenvalue weighted by Crippen LogP contribution is 2.21. The number of nitrogens with zero attached hydrogens (tertiary/aromatic N) is 2. The van der Waals surface area contributed by atoms with E-state index in [1.807, 2.05) is 36.4 Å². The van der Waals surface area contributed by atoms with E-state index in [9.17, 15) is 38.4 Å². The second-order valence-electron chi connectivity index (χ2n) is 15.8. The van der Waals surface area contributed by atoms with Gasteiger partial charge in [0.25, 0.3) is 0 Å². The predicted molar refractivity (Wildman–Crippen MR) is 218 cm³/mol. The minimum atomic E-state index is -1.12. The van der Waals surface area contributed by atoms with Gasteiger partial charge in [-0.1, -0.05) is 88.4 Å². The Morgan fingerprint density at radius 3 is 1.53 bits per heavy atom. The Balaban J connectivity index is 1.37. The number of carbonyl (C=O) groups excluding carboxylic acids is 8. The Morgan fingerprint density at radius 1 is 0.627 bits per heavy atom. The van der Waals surface area contributed by atoms with Crippen LogP contribution in [0.15, 0.2) is 60.7 Å². The summed E-state index contributed by atoms with van der Waals surface area (Å²) in [6, 6.07) is 12.7. The molecule has 2 heterocycles. The van der Waals surface area contributed by atoms with E-state index in [0.29, 0.717) is 38.6 Å². The fourth-order valence-corrected chi connectivity index (χ4v) is 7.41. The summed E-state index contributed by atoms with van der Waals surface area (Å²) in [6.45, 7) is 6.59. The molecule has 0 bridgehead atoms. The quantitative estimate of drug-likeness (QED) is 0.0942. The molecule has 2 aliphatic rings. The Bertz CT molecular complexity index is 1810. The first-order valence-corrected chi connectivity index (χ1v) is 20.3. The summed E-state index contributed by atoms with van der Waals surface area (Å²) in [5.74, 6) is -5.24. The van der Waals surface area contributed by atoms with Crippen LogP contribution in [0.2, 0.25) is 0 Å². The number of carbonyl (C=O) groups is 8. The second-order valence-corrected chi connectivity index (χ2v) is 15.8. The highest BCUT2D eigenvalue weighted by molar-refractivity contribution is 5.97. The van der Waals surface area contributed by atoms with Gasteiger partial charge in [0.1, 0.15) is 30.2 Å². The minimum absolute atomic E-state index is 0.0861. The number of hydrogen-bond donors (Lipinski definition) is 7. The zero-order chi connectivity index (χ0) is 43.2. The fraction of sp³-hybridized carbons (Fsp3) is 0.524. The van der Waals surface area contributed by atoms with Crippen molar-refractivity contribution in [3.05, 3.63) is 71.8 Å². The molecule has 17 nitrogen and oxygen atoms in total. The van der Waals surface area contributed by atoms with Crippen molar-refractivity contribution in [3.63, 3.8) is 0 Å². The van der Waals surface area contributed by atoms with Crippen molar-refractivity contribution in [2.24, 2.45) is 23.3 Å². The first kappa shape index (κ1) is 45.9. The maximum Gasteiger partial charge on any atom is 0.246 e. The van der Waals surface area contributed by atoms with Crippen molar-refractivity contribution in [1.82, 2.24) is 36.4 Å². The summed E-state index contributed by atoms with van der Waals surface area (Å²) >= 11 is 0. The van der Waals surface area contributed by atoms with Gasteiger partial charge >= 0.3 is 0 Å². The van der Waals surface area contributed by atoms with E-state index in [2.05, 4.69) is 26.6 Å². The van der Waals surface area contributed by atoms with Crippen LogP contribution in [-0.2, 0) is 51.2 Å². The first-order valence-electron chi connectivity index (χ1n) is 20.3. The Kier molecular flexibility index (Phi) is 16.9. The number of nitrogens with two attached hydrogens (primary N) is 2. The monoisotopic (exact) mass is 817 g/mol. The molecule has 0 unspecified atom stereocenters. The summed E-state index contributed by atoms with van der Waals surface area (Å²) in [5, 5.41) is 13.1. The van der Waals surface area contributed by atoms with Crippen LogP contribution in [-0.4, -0.2) is 119 Å². The van der Waals surface area contributed by atoms with Crippen LogP contribution in [0, 0.1) is 11.8 Å². The molecule has 0 radical (unpaired) electrons. The molecule has 0 aromatic heterocycles. The Hall–Kier alpha value is -5.84. The molecule has 4 rings (SSSR count). The number of rotatable bonds is 19. The van der Waals surface area contributed by atoms with Gasteiger partial charge in [-0.25, -0.2) is 0 Å². The molecule has 2 aromatic carbocycles. The van der Waals surface area contributed by atoms with Crippen LogP contribution in [0.25, 0.3) is 0 Å². The zero-order valence-electron chi connectivity index (χ0n) is 34.3. The molecule has 9 N–H and O–H groups in total. The molecule has 0 saturated carbocycles. The molecule has 2 aliphatic heterocycles. The summed E-state index contributed by atoms with van der Waals surface area (Å²) in [7, 11) is 0. The molecule has 17 heteroatoms. The molecular weight excluding hydrogens is 759 g/mol. The van der Waals surface area contributed by atoms with Gasteiger partial charge in [0, 0.05) is 19.5 Å². The SMILES string of the molecule is CC(C)[C@H](NC(=O)CNC(=O)[C@@H]1CCCN1C(=O)[C@H](Cc1ccccc1)NC(=O)[C@@H](NC(=O)CNC(=O)[C@@H]1CCCN1C(=O)[C@@H](N)Cc1ccccc1)C(C)C)C(N)=O. The first-order chi connectivity index (χ1) is 28.1. The Morgan fingerprint density at radius 2 is 1.07 bits per heavy atom. The van der Waals surface area contributed by atoms with Gasteiger partial charge in [0.2, 0.25) is 47.3 Å². The lowest BCUT2D eigenvalue weighted by atomic mass is 10.0. The van der Waals surface area contributed by atoms with Gasteiger partial charge in [-0.15, -0.1) is 0 Å². The van der Waals surface area contributed by atoms with E-state index < -0.39 is 96.6 Å². The second kappa shape index (κ2) is 21.8. The molecule has 2 saturated heterocycles. The van der Waals surface area contributed by atoms with Gasteiger partial charge < -0.3 is 47.9 Å². The van der Waals surface area contributed by atoms with Crippen molar-refractivity contribution in [3.8, 4) is 0 Å². The molecular formula is C42H59N9O8. The van der Waals surface area contributed by atoms with Crippen molar-refractivity contribution < 1.29 is 38.4 Å². The average Bonchev–Trinajstić information content (AvgIpc) is 3.91. The molecule has 2 fully saturated rings. The summed E-state index contributed by atoms with van der Waals surface area (Å²) in [4.78, 5) is 108. The van der Waals surface area contributed by atoms with Gasteiger partial charge in [0.15, 0.2) is 0 Å². The van der Waals surface area contributed by atoms with E-state index in [1.54, 1.807) is 52.0 Å². The van der Waals surface area contributed by atoms with E-state index in [1.165, 1.54) is 9.80 Å². The highest BCUT2D eigenvalue weighted by Gasteiger charge is 2.40. The fourth-order valence-electron chi connectivity index (χ4n) is 7.41. The van der Waals surface area contributed by atoms with Crippen LogP contribution in [0.5, 0.6) is 0 Å². The molecule has 0 spiro atoms. The minimum Gasteiger partial charge on any atom is -0.368 e. The van der Waals surface area contributed by atoms with Crippen molar-refractivity contribution in [2.45, 2.75) is 102 Å². The molecule has 6 atom stereocenters. The van der Waals surface area contributed by atoms with E-state index in [-0.39, 0.29) is 24.8 Å². The van der Waals surface area contributed by atoms with Gasteiger partial charge in [-0.05, 0) is 55.1 Å². The average molecular weight is 818 g/mol. The van der Waals surface area contributed by atoms with E-state index in [4.69, 9.17) is 11.5 Å². The van der Waals surface area contributed by atoms with Crippen LogP contribution in [0.1, 0.15) is 64.5 Å². The number of hydrogen-bond acceptors (Lipinski definition) is 9. The maximum atomic E-state index is 14.2.